The first-order valence-corrected chi connectivity index (χ1v) is 12.6. The molecule has 2 aliphatic rings. The Morgan fingerprint density at radius 2 is 1.43 bits per heavy atom. The van der Waals surface area contributed by atoms with E-state index in [1.54, 1.807) is 0 Å². The van der Waals surface area contributed by atoms with Gasteiger partial charge in [-0.2, -0.15) is 0 Å². The first kappa shape index (κ1) is 24.2. The van der Waals surface area contributed by atoms with E-state index in [9.17, 15) is 35.1 Å². The molecule has 0 spiro atoms. The van der Waals surface area contributed by atoms with Gasteiger partial charge in [-0.15, -0.1) is 0 Å². The van der Waals surface area contributed by atoms with E-state index in [0.29, 0.717) is 10.5 Å². The third kappa shape index (κ3) is 4.03. The van der Waals surface area contributed by atoms with Crippen LogP contribution in [0.1, 0.15) is 27.0 Å². The Kier molecular flexibility index (Phi) is 6.01. The minimum atomic E-state index is -0.932. The van der Waals surface area contributed by atoms with Gasteiger partial charge in [-0.05, 0) is 17.2 Å². The Morgan fingerprint density at radius 1 is 0.811 bits per heavy atom. The number of non-ortho nitro benzene ring substituents is 2. The molecule has 184 valence electrons. The molecular weight excluding hydrogens is 522 g/mol. The fourth-order valence-electron chi connectivity index (χ4n) is 4.31. The van der Waals surface area contributed by atoms with E-state index in [1.807, 2.05) is 36.4 Å². The van der Waals surface area contributed by atoms with Crippen molar-refractivity contribution in [2.24, 2.45) is 0 Å². The van der Waals surface area contributed by atoms with Crippen molar-refractivity contribution in [1.29, 1.82) is 0 Å². The predicted molar refractivity (Wildman–Crippen MR) is 139 cm³/mol. The number of ether oxygens (including phenoxy) is 1. The lowest BCUT2D eigenvalue weighted by atomic mass is 9.97. The summed E-state index contributed by atoms with van der Waals surface area (Å²) in [5, 5.41) is 35.5. The number of hydrogen-bond donors (Lipinski definition) is 0. The first-order valence-electron chi connectivity index (χ1n) is 10.5. The molecule has 0 saturated carbocycles. The molecule has 0 saturated heterocycles. The summed E-state index contributed by atoms with van der Waals surface area (Å²) < 4.78 is 4.83. The summed E-state index contributed by atoms with van der Waals surface area (Å²) in [5.41, 5.74) is -0.205. The normalized spacial score (nSPS) is 15.5. The van der Waals surface area contributed by atoms with Gasteiger partial charge in [0.1, 0.15) is 0 Å². The fraction of sp³-hybridized carbons (Fsp3) is 0.0417. The van der Waals surface area contributed by atoms with E-state index in [2.05, 4.69) is 0 Å². The summed E-state index contributed by atoms with van der Waals surface area (Å²) >= 11 is 0. The molecule has 0 aromatic heterocycles. The summed E-state index contributed by atoms with van der Waals surface area (Å²) in [5.74, 6) is -0.932. The molecular formula is C24H13N3O8S2. The second-order valence-electron chi connectivity index (χ2n) is 7.85. The van der Waals surface area contributed by atoms with Gasteiger partial charge in [-0.1, -0.05) is 51.9 Å². The third-order valence-corrected chi connectivity index (χ3v) is 8.27. The van der Waals surface area contributed by atoms with Gasteiger partial charge < -0.3 is 4.74 Å². The van der Waals surface area contributed by atoms with Crippen LogP contribution in [0.4, 0.5) is 17.1 Å². The average molecular weight is 536 g/mol. The van der Waals surface area contributed by atoms with E-state index in [-0.39, 0.29) is 27.8 Å². The van der Waals surface area contributed by atoms with Crippen LogP contribution < -0.4 is 0 Å². The molecule has 11 nitrogen and oxygen atoms in total. The van der Waals surface area contributed by atoms with E-state index < -0.39 is 37.8 Å². The van der Waals surface area contributed by atoms with Crippen LogP contribution in [0.5, 0.6) is 0 Å². The Hall–Kier alpha value is -4.49. The van der Waals surface area contributed by atoms with Crippen LogP contribution in [0.15, 0.2) is 65.6 Å². The van der Waals surface area contributed by atoms with Crippen molar-refractivity contribution in [3.8, 4) is 11.1 Å². The van der Waals surface area contributed by atoms with Crippen LogP contribution in [0.2, 0.25) is 0 Å². The predicted octanol–water partition coefficient (Wildman–Crippen LogP) is 6.37. The highest BCUT2D eigenvalue weighted by Crippen LogP contribution is 2.59. The number of hydrogen-bond acceptors (Lipinski definition) is 10. The number of nitro groups is 3. The van der Waals surface area contributed by atoms with Gasteiger partial charge in [0.2, 0.25) is 0 Å². The van der Waals surface area contributed by atoms with Crippen LogP contribution in [0.3, 0.4) is 0 Å². The molecule has 5 rings (SSSR count). The van der Waals surface area contributed by atoms with Crippen LogP contribution in [0, 0.1) is 30.3 Å². The van der Waals surface area contributed by atoms with Gasteiger partial charge in [0, 0.05) is 44.7 Å². The van der Waals surface area contributed by atoms with Crippen molar-refractivity contribution in [2.75, 3.05) is 7.11 Å². The number of rotatable bonds is 5. The topological polar surface area (TPSA) is 156 Å². The zero-order valence-corrected chi connectivity index (χ0v) is 20.3. The number of carbonyl (C=O) groups excluding carboxylic acids is 1. The van der Waals surface area contributed by atoms with E-state index >= 15 is 0 Å². The lowest BCUT2D eigenvalue weighted by molar-refractivity contribution is -0.393. The lowest BCUT2D eigenvalue weighted by Gasteiger charge is -2.09. The Morgan fingerprint density at radius 3 is 2.03 bits per heavy atom. The zero-order chi connectivity index (χ0) is 26.4. The van der Waals surface area contributed by atoms with Crippen LogP contribution in [-0.2, 0) is 4.74 Å². The van der Waals surface area contributed by atoms with Crippen molar-refractivity contribution in [3.05, 3.63) is 118 Å². The molecule has 3 aromatic carbocycles. The number of esters is 1. The molecule has 0 bridgehead atoms. The van der Waals surface area contributed by atoms with Crippen molar-refractivity contribution >= 4 is 55.1 Å². The minimum absolute atomic E-state index is 0.0319. The van der Waals surface area contributed by atoms with Gasteiger partial charge in [0.15, 0.2) is 0 Å². The van der Waals surface area contributed by atoms with Crippen molar-refractivity contribution in [3.63, 3.8) is 0 Å². The Balaban J connectivity index is 1.92. The second kappa shape index (κ2) is 9.19. The summed E-state index contributed by atoms with van der Waals surface area (Å²) in [6.45, 7) is 0. The molecule has 37 heavy (non-hydrogen) atoms. The van der Waals surface area contributed by atoms with Gasteiger partial charge in [-0.3, -0.25) is 30.3 Å². The number of allylic oxidation sites excluding steroid dienone is 1. The van der Waals surface area contributed by atoms with E-state index in [0.717, 1.165) is 29.7 Å². The van der Waals surface area contributed by atoms with Crippen molar-refractivity contribution in [1.82, 2.24) is 0 Å². The molecule has 1 aliphatic heterocycles. The maximum atomic E-state index is 12.7. The highest BCUT2D eigenvalue weighted by atomic mass is 33.1. The van der Waals surface area contributed by atoms with Crippen molar-refractivity contribution < 1.29 is 24.3 Å². The Bertz CT molecular complexity index is 1620. The standard InChI is InChI=1S/C24H13N3O8S2/c1-35-24(28)17-9-13(25(29)30)7-15-21(20-11-19(36-37-20)12-5-3-2-4-6-12)16-8-14(26(31)32)10-18(27(33)34)23(16)22(15)17/h2-11H,1H3/b21-20-. The highest BCUT2D eigenvalue weighted by molar-refractivity contribution is 8.82. The molecule has 0 unspecified atom stereocenters. The molecule has 0 N–H and O–H groups in total. The fourth-order valence-corrected chi connectivity index (χ4v) is 6.79. The van der Waals surface area contributed by atoms with Gasteiger partial charge in [-0.25, -0.2) is 4.79 Å². The number of benzene rings is 3. The molecule has 0 amide bonds. The monoisotopic (exact) mass is 535 g/mol. The number of nitrogens with zero attached hydrogens (tertiary/aromatic N) is 3. The Labute approximate surface area is 215 Å². The van der Waals surface area contributed by atoms with E-state index in [1.165, 1.54) is 33.7 Å². The SMILES string of the molecule is COC(=O)c1cc([N+](=O)[O-])cc2c1-c1c(cc([N+](=O)[O-])cc1[N+](=O)[O-])/C2=C1/C=C(c2ccccc2)SS1. The first-order chi connectivity index (χ1) is 17.7. The maximum Gasteiger partial charge on any atom is 0.338 e. The van der Waals surface area contributed by atoms with Gasteiger partial charge >= 0.3 is 5.97 Å². The van der Waals surface area contributed by atoms with Crippen molar-refractivity contribution in [2.45, 2.75) is 0 Å². The van der Waals surface area contributed by atoms with Gasteiger partial charge in [0.25, 0.3) is 17.1 Å². The lowest BCUT2D eigenvalue weighted by Crippen LogP contribution is -2.06. The van der Waals surface area contributed by atoms with Crippen LogP contribution >= 0.6 is 21.6 Å². The molecule has 1 heterocycles. The molecule has 3 aromatic rings. The summed E-state index contributed by atoms with van der Waals surface area (Å²) in [6.07, 6.45) is 1.82. The molecule has 0 fully saturated rings. The van der Waals surface area contributed by atoms with E-state index in [4.69, 9.17) is 4.74 Å². The molecule has 0 radical (unpaired) electrons. The summed E-state index contributed by atoms with van der Waals surface area (Å²) in [7, 11) is 3.81. The van der Waals surface area contributed by atoms with Crippen LogP contribution in [0.25, 0.3) is 21.6 Å². The minimum Gasteiger partial charge on any atom is -0.465 e. The van der Waals surface area contributed by atoms with Crippen LogP contribution in [-0.4, -0.2) is 27.8 Å². The zero-order valence-electron chi connectivity index (χ0n) is 18.7. The quantitative estimate of drug-likeness (QED) is 0.122. The molecule has 1 aliphatic carbocycles. The number of fused-ring (bicyclic) bond motifs is 3. The largest absolute Gasteiger partial charge is 0.465 e. The second-order valence-corrected chi connectivity index (χ2v) is 10.1. The number of nitro benzene ring substituents is 3. The summed E-state index contributed by atoms with van der Waals surface area (Å²) in [4.78, 5) is 47.4. The average Bonchev–Trinajstić information content (AvgIpc) is 3.50. The van der Waals surface area contributed by atoms with Gasteiger partial charge in [0.05, 0.1) is 39.1 Å². The summed E-state index contributed by atoms with van der Waals surface area (Å²) in [6, 6.07) is 13.6. The molecule has 0 atom stereocenters. The smallest absolute Gasteiger partial charge is 0.338 e. The number of carbonyl (C=O) groups is 1. The number of methoxy groups -OCH3 is 1. The highest BCUT2D eigenvalue weighted by Gasteiger charge is 2.40. The molecule has 13 heteroatoms. The maximum absolute atomic E-state index is 12.7. The third-order valence-electron chi connectivity index (χ3n) is 5.83.